The van der Waals surface area contributed by atoms with Gasteiger partial charge in [0.15, 0.2) is 0 Å². The number of rotatable bonds is 3. The second-order valence-corrected chi connectivity index (χ2v) is 4.72. The van der Waals surface area contributed by atoms with Crippen LogP contribution in [0.25, 0.3) is 0 Å². The van der Waals surface area contributed by atoms with E-state index in [0.717, 1.165) is 12.5 Å². The topological polar surface area (TPSA) is 40.5 Å². The molecule has 13 heavy (non-hydrogen) atoms. The van der Waals surface area contributed by atoms with Crippen LogP contribution in [0.4, 0.5) is 0 Å². The Labute approximate surface area is 78.7 Å². The van der Waals surface area contributed by atoms with Crippen LogP contribution in [0.1, 0.15) is 26.7 Å². The minimum atomic E-state index is -0.650. The molecule has 0 aromatic heterocycles. The van der Waals surface area contributed by atoms with Gasteiger partial charge in [0.2, 0.25) is 0 Å². The first-order valence-electron chi connectivity index (χ1n) is 5.08. The summed E-state index contributed by atoms with van der Waals surface area (Å²) in [5.74, 6) is 0.366. The Morgan fingerprint density at radius 3 is 2.38 bits per heavy atom. The Hall–Kier alpha value is -0.570. The zero-order valence-electron chi connectivity index (χ0n) is 8.23. The molecule has 1 N–H and O–H groups in total. The standard InChI is InChI=1S/C10H17NO2/c1-6(2)9(10(12)13)11-5-7-3-8(11)4-7/h6-9H,3-5H2,1-2H3,(H,12,13). The summed E-state index contributed by atoms with van der Waals surface area (Å²) in [4.78, 5) is 13.2. The molecule has 1 saturated carbocycles. The zero-order chi connectivity index (χ0) is 9.59. The second kappa shape index (κ2) is 2.98. The van der Waals surface area contributed by atoms with E-state index in [4.69, 9.17) is 5.11 Å². The number of carbonyl (C=O) groups is 1. The Morgan fingerprint density at radius 1 is 1.46 bits per heavy atom. The summed E-state index contributed by atoms with van der Waals surface area (Å²) < 4.78 is 0. The Kier molecular flexibility index (Phi) is 2.06. The fourth-order valence-corrected chi connectivity index (χ4v) is 2.72. The maximum atomic E-state index is 11.1. The largest absolute Gasteiger partial charge is 0.480 e. The molecule has 1 aliphatic carbocycles. The molecule has 0 amide bonds. The molecule has 0 aromatic carbocycles. The first-order valence-corrected chi connectivity index (χ1v) is 5.08. The van der Waals surface area contributed by atoms with E-state index in [-0.39, 0.29) is 12.0 Å². The Morgan fingerprint density at radius 2 is 2.08 bits per heavy atom. The number of hydrogen-bond donors (Lipinski definition) is 1. The maximum Gasteiger partial charge on any atom is 0.321 e. The minimum absolute atomic E-state index is 0.219. The predicted molar refractivity (Wildman–Crippen MR) is 49.5 cm³/mol. The third kappa shape index (κ3) is 1.35. The van der Waals surface area contributed by atoms with Crippen LogP contribution in [-0.2, 0) is 4.79 Å². The van der Waals surface area contributed by atoms with Crippen molar-refractivity contribution < 1.29 is 9.90 Å². The molecule has 3 rings (SSSR count). The second-order valence-electron chi connectivity index (χ2n) is 4.72. The number of fused-ring (bicyclic) bond motifs is 1. The molecule has 3 aliphatic rings. The van der Waals surface area contributed by atoms with Crippen molar-refractivity contribution in [2.24, 2.45) is 11.8 Å². The van der Waals surface area contributed by atoms with Gasteiger partial charge in [-0.3, -0.25) is 9.69 Å². The Balaban J connectivity index is 2.07. The van der Waals surface area contributed by atoms with E-state index in [1.807, 2.05) is 13.8 Å². The molecule has 0 spiro atoms. The van der Waals surface area contributed by atoms with Crippen molar-refractivity contribution in [3.63, 3.8) is 0 Å². The molecule has 74 valence electrons. The van der Waals surface area contributed by atoms with Crippen molar-refractivity contribution in [2.75, 3.05) is 6.54 Å². The van der Waals surface area contributed by atoms with Gasteiger partial charge in [-0.2, -0.15) is 0 Å². The summed E-state index contributed by atoms with van der Waals surface area (Å²) in [6, 6.07) is 0.325. The minimum Gasteiger partial charge on any atom is -0.480 e. The number of nitrogens with zero attached hydrogens (tertiary/aromatic N) is 1. The highest BCUT2D eigenvalue weighted by atomic mass is 16.4. The van der Waals surface area contributed by atoms with Crippen LogP contribution >= 0.6 is 0 Å². The van der Waals surface area contributed by atoms with E-state index < -0.39 is 5.97 Å². The van der Waals surface area contributed by atoms with Gasteiger partial charge in [0, 0.05) is 12.6 Å². The average molecular weight is 183 g/mol. The average Bonchev–Trinajstić information content (AvgIpc) is 2.40. The van der Waals surface area contributed by atoms with Gasteiger partial charge in [-0.05, 0) is 24.7 Å². The van der Waals surface area contributed by atoms with Crippen LogP contribution in [0.15, 0.2) is 0 Å². The molecule has 2 heterocycles. The van der Waals surface area contributed by atoms with Gasteiger partial charge in [0.25, 0.3) is 0 Å². The van der Waals surface area contributed by atoms with Crippen molar-refractivity contribution in [1.82, 2.24) is 4.90 Å². The van der Waals surface area contributed by atoms with Crippen LogP contribution in [0.2, 0.25) is 0 Å². The molecule has 1 unspecified atom stereocenters. The van der Waals surface area contributed by atoms with Gasteiger partial charge in [-0.25, -0.2) is 0 Å². The highest BCUT2D eigenvalue weighted by molar-refractivity contribution is 5.74. The lowest BCUT2D eigenvalue weighted by Gasteiger charge is -2.32. The van der Waals surface area contributed by atoms with Gasteiger partial charge in [-0.1, -0.05) is 13.8 Å². The van der Waals surface area contributed by atoms with E-state index in [1.54, 1.807) is 0 Å². The lowest BCUT2D eigenvalue weighted by molar-refractivity contribution is -0.145. The predicted octanol–water partition coefficient (Wildman–Crippen LogP) is 1.19. The number of hydrogen-bond acceptors (Lipinski definition) is 2. The van der Waals surface area contributed by atoms with E-state index in [1.165, 1.54) is 12.8 Å². The van der Waals surface area contributed by atoms with Crippen molar-refractivity contribution >= 4 is 5.97 Å². The fraction of sp³-hybridized carbons (Fsp3) is 0.900. The molecule has 2 bridgehead atoms. The molecular weight excluding hydrogens is 166 g/mol. The SMILES string of the molecule is CC(C)C(C(=O)O)N1CC2CC1C2. The summed E-state index contributed by atoms with van der Waals surface area (Å²) >= 11 is 0. The molecule has 2 aliphatic heterocycles. The summed E-state index contributed by atoms with van der Waals surface area (Å²) in [5.41, 5.74) is 0. The quantitative estimate of drug-likeness (QED) is 0.714. The number of aliphatic carboxylic acids is 1. The molecule has 1 atom stereocenters. The lowest BCUT2D eigenvalue weighted by Crippen LogP contribution is -2.45. The van der Waals surface area contributed by atoms with Gasteiger partial charge in [0.05, 0.1) is 0 Å². The maximum absolute atomic E-state index is 11.1. The van der Waals surface area contributed by atoms with E-state index in [2.05, 4.69) is 4.90 Å². The van der Waals surface area contributed by atoms with Gasteiger partial charge in [-0.15, -0.1) is 0 Å². The van der Waals surface area contributed by atoms with Crippen LogP contribution in [0.5, 0.6) is 0 Å². The molecule has 0 aromatic rings. The monoisotopic (exact) mass is 183 g/mol. The first-order chi connectivity index (χ1) is 6.09. The molecule has 3 fully saturated rings. The van der Waals surface area contributed by atoms with Crippen molar-refractivity contribution in [3.05, 3.63) is 0 Å². The van der Waals surface area contributed by atoms with E-state index in [9.17, 15) is 4.79 Å². The van der Waals surface area contributed by atoms with E-state index >= 15 is 0 Å². The van der Waals surface area contributed by atoms with Crippen molar-refractivity contribution in [1.29, 1.82) is 0 Å². The van der Waals surface area contributed by atoms with Crippen LogP contribution in [0.3, 0.4) is 0 Å². The summed E-state index contributed by atoms with van der Waals surface area (Å²) in [6.07, 6.45) is 2.47. The van der Waals surface area contributed by atoms with Crippen molar-refractivity contribution in [3.8, 4) is 0 Å². The molecule has 0 radical (unpaired) electrons. The van der Waals surface area contributed by atoms with Gasteiger partial charge < -0.3 is 5.11 Å². The summed E-state index contributed by atoms with van der Waals surface area (Å²) in [5, 5.41) is 9.10. The number of carboxylic acid groups (broad SMARTS) is 1. The lowest BCUT2D eigenvalue weighted by atomic mass is 9.86. The summed E-state index contributed by atoms with van der Waals surface area (Å²) in [7, 11) is 0. The molecular formula is C10H17NO2. The first kappa shape index (κ1) is 9.00. The Bertz CT molecular complexity index is 221. The highest BCUT2D eigenvalue weighted by Crippen LogP contribution is 2.42. The fourth-order valence-electron chi connectivity index (χ4n) is 2.72. The van der Waals surface area contributed by atoms with E-state index in [0.29, 0.717) is 6.04 Å². The third-order valence-corrected chi connectivity index (χ3v) is 3.39. The molecule has 3 heteroatoms. The van der Waals surface area contributed by atoms with Gasteiger partial charge >= 0.3 is 5.97 Å². The zero-order valence-corrected chi connectivity index (χ0v) is 8.23. The third-order valence-electron chi connectivity index (χ3n) is 3.39. The normalized spacial score (nSPS) is 34.7. The number of carboxylic acids is 1. The molecule has 2 saturated heterocycles. The van der Waals surface area contributed by atoms with Crippen LogP contribution < -0.4 is 0 Å². The van der Waals surface area contributed by atoms with Crippen LogP contribution in [0, 0.1) is 11.8 Å². The smallest absolute Gasteiger partial charge is 0.321 e. The highest BCUT2D eigenvalue weighted by Gasteiger charge is 2.47. The van der Waals surface area contributed by atoms with Crippen LogP contribution in [-0.4, -0.2) is 34.6 Å². The summed E-state index contributed by atoms with van der Waals surface area (Å²) in [6.45, 7) is 5.00. The van der Waals surface area contributed by atoms with Gasteiger partial charge in [0.1, 0.15) is 6.04 Å². The molecule has 3 nitrogen and oxygen atoms in total. The van der Waals surface area contributed by atoms with Crippen molar-refractivity contribution in [2.45, 2.75) is 38.8 Å².